The van der Waals surface area contributed by atoms with Crippen molar-refractivity contribution in [3.8, 4) is 11.8 Å². The number of carbonyl (C=O) groups excluding carboxylic acids is 1. The fraction of sp³-hybridized carbons (Fsp3) is 0.300. The monoisotopic (exact) mass is 546 g/mol. The summed E-state index contributed by atoms with van der Waals surface area (Å²) in [5, 5.41) is 29.3. The molecule has 204 valence electrons. The molecule has 0 saturated carbocycles. The minimum absolute atomic E-state index is 0.184. The number of fused-ring (bicyclic) bond motifs is 1. The SMILES string of the molecule is CCN(CC)CC(O)CNC(=O)c1ccc(C#Cc2c(N/C(=C/C(C)=N)NC)ncc3ccc(Cl)cc23)cc1. The van der Waals surface area contributed by atoms with E-state index in [-0.39, 0.29) is 12.5 Å². The van der Waals surface area contributed by atoms with Crippen LogP contribution in [0.15, 0.2) is 60.6 Å². The Morgan fingerprint density at radius 1 is 1.18 bits per heavy atom. The summed E-state index contributed by atoms with van der Waals surface area (Å²) in [4.78, 5) is 19.2. The molecule has 5 N–H and O–H groups in total. The third-order valence-corrected chi connectivity index (χ3v) is 6.31. The van der Waals surface area contributed by atoms with E-state index in [1.807, 2.05) is 26.0 Å². The number of benzene rings is 2. The van der Waals surface area contributed by atoms with E-state index in [1.165, 1.54) is 0 Å². The first-order chi connectivity index (χ1) is 18.7. The van der Waals surface area contributed by atoms with Crippen LogP contribution < -0.4 is 16.0 Å². The Morgan fingerprint density at radius 2 is 1.90 bits per heavy atom. The van der Waals surface area contributed by atoms with Crippen molar-refractivity contribution >= 4 is 39.8 Å². The lowest BCUT2D eigenvalue weighted by atomic mass is 10.1. The molecule has 1 unspecified atom stereocenters. The van der Waals surface area contributed by atoms with Crippen LogP contribution in [0.2, 0.25) is 5.02 Å². The van der Waals surface area contributed by atoms with Gasteiger partial charge in [0.15, 0.2) is 0 Å². The molecule has 0 aliphatic heterocycles. The predicted molar refractivity (Wildman–Crippen MR) is 159 cm³/mol. The highest BCUT2D eigenvalue weighted by molar-refractivity contribution is 6.31. The summed E-state index contributed by atoms with van der Waals surface area (Å²) in [6.45, 7) is 8.16. The number of hydrogen-bond donors (Lipinski definition) is 5. The summed E-state index contributed by atoms with van der Waals surface area (Å²) in [5.74, 6) is 7.27. The largest absolute Gasteiger partial charge is 0.390 e. The maximum Gasteiger partial charge on any atom is 0.251 e. The van der Waals surface area contributed by atoms with Crippen molar-refractivity contribution in [2.75, 3.05) is 38.5 Å². The van der Waals surface area contributed by atoms with Gasteiger partial charge in [0.25, 0.3) is 5.91 Å². The predicted octanol–water partition coefficient (Wildman–Crippen LogP) is 4.23. The number of rotatable bonds is 11. The van der Waals surface area contributed by atoms with Crippen LogP contribution in [-0.2, 0) is 0 Å². The van der Waals surface area contributed by atoms with E-state index >= 15 is 0 Å². The van der Waals surface area contributed by atoms with Gasteiger partial charge in [0.1, 0.15) is 11.6 Å². The van der Waals surface area contributed by atoms with Gasteiger partial charge >= 0.3 is 0 Å². The molecule has 0 aliphatic rings. The van der Waals surface area contributed by atoms with Crippen molar-refractivity contribution in [3.63, 3.8) is 0 Å². The number of nitrogens with one attached hydrogen (secondary N) is 4. The number of allylic oxidation sites excluding steroid dienone is 1. The number of anilines is 1. The molecule has 3 rings (SSSR count). The molecule has 0 fully saturated rings. The number of aromatic nitrogens is 1. The Hall–Kier alpha value is -3.90. The lowest BCUT2D eigenvalue weighted by Gasteiger charge is -2.22. The second-order valence-corrected chi connectivity index (χ2v) is 9.44. The van der Waals surface area contributed by atoms with Crippen LogP contribution in [0.5, 0.6) is 0 Å². The number of likely N-dealkylation sites (N-methyl/N-ethyl adjacent to an activating group) is 1. The van der Waals surface area contributed by atoms with Crippen molar-refractivity contribution in [2.45, 2.75) is 26.9 Å². The molecule has 1 aromatic heterocycles. The minimum atomic E-state index is -0.634. The molecule has 0 aliphatic carbocycles. The standard InChI is InChI=1S/C30H35ClN6O2/c1-5-37(6-2)19-25(38)18-35-30(39)22-10-7-21(8-11-22)9-14-26-27-16-24(31)13-12-23(27)17-34-29(26)36-28(33-4)15-20(3)32/h7-8,10-13,15-17,25,32-33,38H,5-6,18-19H2,1-4H3,(H,34,36)(H,35,39)/b28-15+,32-20?. The summed E-state index contributed by atoms with van der Waals surface area (Å²) in [7, 11) is 1.76. The van der Waals surface area contributed by atoms with Crippen LogP contribution in [-0.4, -0.2) is 65.9 Å². The average molecular weight is 547 g/mol. The molecule has 8 nitrogen and oxygen atoms in total. The number of amides is 1. The second kappa shape index (κ2) is 14.3. The normalized spacial score (nSPS) is 12.0. The molecule has 39 heavy (non-hydrogen) atoms. The van der Waals surface area contributed by atoms with Crippen molar-refractivity contribution < 1.29 is 9.90 Å². The number of aliphatic hydroxyl groups is 1. The first kappa shape index (κ1) is 29.7. The van der Waals surface area contributed by atoms with Gasteiger partial charge in [-0.25, -0.2) is 4.98 Å². The zero-order valence-electron chi connectivity index (χ0n) is 22.7. The number of nitrogens with zero attached hydrogens (tertiary/aromatic N) is 2. The van der Waals surface area contributed by atoms with Crippen molar-refractivity contribution in [1.29, 1.82) is 5.41 Å². The van der Waals surface area contributed by atoms with Crippen molar-refractivity contribution in [2.24, 2.45) is 0 Å². The lowest BCUT2D eigenvalue weighted by Crippen LogP contribution is -2.40. The topological polar surface area (TPSA) is 113 Å². The first-order valence-electron chi connectivity index (χ1n) is 12.8. The number of hydrogen-bond acceptors (Lipinski definition) is 7. The van der Waals surface area contributed by atoms with E-state index in [0.717, 1.165) is 29.4 Å². The van der Waals surface area contributed by atoms with Crippen LogP contribution >= 0.6 is 11.6 Å². The van der Waals surface area contributed by atoms with E-state index in [2.05, 4.69) is 37.7 Å². The molecule has 0 saturated heterocycles. The number of pyridine rings is 1. The van der Waals surface area contributed by atoms with Crippen LogP contribution in [0.25, 0.3) is 10.8 Å². The fourth-order valence-electron chi connectivity index (χ4n) is 3.92. The molecule has 0 bridgehead atoms. The molecule has 0 radical (unpaired) electrons. The van der Waals surface area contributed by atoms with Crippen LogP contribution in [0.3, 0.4) is 0 Å². The van der Waals surface area contributed by atoms with E-state index < -0.39 is 6.10 Å². The number of aliphatic hydroxyl groups excluding tert-OH is 1. The highest BCUT2D eigenvalue weighted by atomic mass is 35.5. The van der Waals surface area contributed by atoms with Gasteiger partial charge in [-0.3, -0.25) is 4.79 Å². The Bertz CT molecular complexity index is 1400. The molecule has 3 aromatic rings. The maximum absolute atomic E-state index is 12.6. The first-order valence-corrected chi connectivity index (χ1v) is 13.2. The Kier molecular flexibility index (Phi) is 10.9. The highest BCUT2D eigenvalue weighted by Gasteiger charge is 2.12. The molecular formula is C30H35ClN6O2. The van der Waals surface area contributed by atoms with Crippen LogP contribution in [0.4, 0.5) is 5.82 Å². The molecule has 9 heteroatoms. The van der Waals surface area contributed by atoms with Crippen molar-refractivity contribution in [3.05, 3.63) is 82.3 Å². The molecular weight excluding hydrogens is 512 g/mol. The van der Waals surface area contributed by atoms with Gasteiger partial charge in [-0.15, -0.1) is 0 Å². The quantitative estimate of drug-likeness (QED) is 0.182. The van der Waals surface area contributed by atoms with Crippen LogP contribution in [0.1, 0.15) is 42.3 Å². The highest BCUT2D eigenvalue weighted by Crippen LogP contribution is 2.27. The fourth-order valence-corrected chi connectivity index (χ4v) is 4.09. The van der Waals surface area contributed by atoms with Crippen molar-refractivity contribution in [1.82, 2.24) is 20.5 Å². The number of carbonyl (C=O) groups is 1. The van der Waals surface area contributed by atoms with Gasteiger partial charge in [-0.05, 0) is 62.5 Å². The summed E-state index contributed by atoms with van der Waals surface area (Å²) < 4.78 is 0. The minimum Gasteiger partial charge on any atom is -0.390 e. The summed E-state index contributed by atoms with van der Waals surface area (Å²) in [6.07, 6.45) is 2.77. The Balaban J connectivity index is 1.83. The van der Waals surface area contributed by atoms with Gasteiger partial charge in [-0.1, -0.05) is 43.4 Å². The average Bonchev–Trinajstić information content (AvgIpc) is 2.93. The Morgan fingerprint density at radius 3 is 2.54 bits per heavy atom. The van der Waals surface area contributed by atoms with Gasteiger partial charge in [-0.2, -0.15) is 0 Å². The van der Waals surface area contributed by atoms with Gasteiger partial charge in [0.05, 0.1) is 11.7 Å². The zero-order valence-corrected chi connectivity index (χ0v) is 23.5. The van der Waals surface area contributed by atoms with E-state index in [1.54, 1.807) is 56.6 Å². The summed E-state index contributed by atoms with van der Waals surface area (Å²) >= 11 is 6.30. The molecule has 2 aromatic carbocycles. The molecule has 1 heterocycles. The zero-order chi connectivity index (χ0) is 28.4. The Labute approximate surface area is 235 Å². The van der Waals surface area contributed by atoms with E-state index in [9.17, 15) is 9.90 Å². The third-order valence-electron chi connectivity index (χ3n) is 6.08. The summed E-state index contributed by atoms with van der Waals surface area (Å²) in [5.41, 5.74) is 2.24. The van der Waals surface area contributed by atoms with Gasteiger partial charge in [0, 0.05) is 59.0 Å². The molecule has 1 amide bonds. The van der Waals surface area contributed by atoms with Gasteiger partial charge in [0.2, 0.25) is 0 Å². The third kappa shape index (κ3) is 8.55. The number of halogens is 1. The van der Waals surface area contributed by atoms with Crippen LogP contribution in [0, 0.1) is 17.3 Å². The van der Waals surface area contributed by atoms with E-state index in [0.29, 0.717) is 40.0 Å². The maximum atomic E-state index is 12.6. The lowest BCUT2D eigenvalue weighted by molar-refractivity contribution is 0.0869. The smallest absolute Gasteiger partial charge is 0.251 e. The summed E-state index contributed by atoms with van der Waals surface area (Å²) in [6, 6.07) is 12.5. The van der Waals surface area contributed by atoms with Gasteiger partial charge < -0.3 is 31.4 Å². The molecule has 1 atom stereocenters. The van der Waals surface area contributed by atoms with E-state index in [4.69, 9.17) is 17.0 Å². The second-order valence-electron chi connectivity index (χ2n) is 9.01. The molecule has 0 spiro atoms.